The number of benzene rings is 1. The van der Waals surface area contributed by atoms with Crippen molar-refractivity contribution in [1.82, 2.24) is 4.90 Å². The Bertz CT molecular complexity index is 547. The third kappa shape index (κ3) is 4.75. The highest BCUT2D eigenvalue weighted by molar-refractivity contribution is 5.68. The number of hydrogen-bond acceptors (Lipinski definition) is 3. The first-order chi connectivity index (χ1) is 10.8. The second kappa shape index (κ2) is 7.07. The number of methoxy groups -OCH3 is 1. The fourth-order valence-electron chi connectivity index (χ4n) is 2.94. The lowest BCUT2D eigenvalue weighted by atomic mass is 9.84. The van der Waals surface area contributed by atoms with Crippen LogP contribution in [0.25, 0.3) is 0 Å². The number of ether oxygens (including phenoxy) is 2. The van der Waals surface area contributed by atoms with Crippen LogP contribution in [0, 0.1) is 5.92 Å². The van der Waals surface area contributed by atoms with E-state index in [1.165, 1.54) is 5.56 Å². The van der Waals surface area contributed by atoms with Crippen LogP contribution in [0.3, 0.4) is 0 Å². The molecule has 1 fully saturated rings. The van der Waals surface area contributed by atoms with Gasteiger partial charge in [0, 0.05) is 24.9 Å². The first-order valence-corrected chi connectivity index (χ1v) is 8.06. The summed E-state index contributed by atoms with van der Waals surface area (Å²) in [6.07, 6.45) is 0.655. The van der Waals surface area contributed by atoms with Crippen LogP contribution in [0.5, 0.6) is 0 Å². The molecule has 1 aliphatic heterocycles. The molecule has 2 rings (SSSR count). The molecule has 0 radical (unpaired) electrons. The second-order valence-corrected chi connectivity index (χ2v) is 7.10. The van der Waals surface area contributed by atoms with Gasteiger partial charge in [0.25, 0.3) is 0 Å². The second-order valence-electron chi connectivity index (χ2n) is 7.10. The van der Waals surface area contributed by atoms with Crippen molar-refractivity contribution in [1.29, 1.82) is 0 Å². The minimum Gasteiger partial charge on any atom is -0.501 e. The minimum absolute atomic E-state index is 0.117. The number of amides is 1. The smallest absolute Gasteiger partial charge is 0.410 e. The molecule has 0 saturated carbocycles. The van der Waals surface area contributed by atoms with Gasteiger partial charge in [-0.05, 0) is 32.8 Å². The number of likely N-dealkylation sites (tertiary alicyclic amines) is 1. The van der Waals surface area contributed by atoms with Crippen molar-refractivity contribution in [2.45, 2.75) is 38.7 Å². The van der Waals surface area contributed by atoms with Gasteiger partial charge >= 0.3 is 6.09 Å². The Morgan fingerprint density at radius 1 is 1.22 bits per heavy atom. The summed E-state index contributed by atoms with van der Waals surface area (Å²) in [5, 5.41) is 0. The Hall–Kier alpha value is -1.97. The maximum absolute atomic E-state index is 12.5. The first kappa shape index (κ1) is 17.4. The van der Waals surface area contributed by atoms with Crippen LogP contribution in [-0.4, -0.2) is 36.8 Å². The Labute approximate surface area is 139 Å². The fraction of sp³-hybridized carbons (Fsp3) is 0.526. The van der Waals surface area contributed by atoms with E-state index >= 15 is 0 Å². The largest absolute Gasteiger partial charge is 0.501 e. The molecule has 4 heteroatoms. The van der Waals surface area contributed by atoms with Crippen molar-refractivity contribution in [3.8, 4) is 0 Å². The van der Waals surface area contributed by atoms with Crippen LogP contribution in [0.2, 0.25) is 0 Å². The van der Waals surface area contributed by atoms with Gasteiger partial charge in [0.2, 0.25) is 0 Å². The number of carbonyl (C=O) groups is 1. The number of rotatable bonds is 3. The van der Waals surface area contributed by atoms with Gasteiger partial charge in [0.05, 0.1) is 12.9 Å². The van der Waals surface area contributed by atoms with Gasteiger partial charge in [0.15, 0.2) is 0 Å². The van der Waals surface area contributed by atoms with E-state index in [0.717, 1.165) is 12.2 Å². The molecule has 1 amide bonds. The molecule has 1 saturated heterocycles. The number of nitrogens with zero attached hydrogens (tertiary/aromatic N) is 1. The topological polar surface area (TPSA) is 38.8 Å². The zero-order chi connectivity index (χ0) is 17.0. The van der Waals surface area contributed by atoms with Crippen molar-refractivity contribution in [2.75, 3.05) is 20.2 Å². The molecule has 0 aromatic heterocycles. The van der Waals surface area contributed by atoms with Crippen molar-refractivity contribution in [2.24, 2.45) is 5.92 Å². The Morgan fingerprint density at radius 2 is 1.87 bits per heavy atom. The Morgan fingerprint density at radius 3 is 2.43 bits per heavy atom. The molecule has 1 heterocycles. The molecule has 2 atom stereocenters. The fourth-order valence-corrected chi connectivity index (χ4v) is 2.94. The molecule has 23 heavy (non-hydrogen) atoms. The lowest BCUT2D eigenvalue weighted by Crippen LogP contribution is -2.46. The highest BCUT2D eigenvalue weighted by Gasteiger charge is 2.34. The Balaban J connectivity index is 2.18. The average molecular weight is 317 g/mol. The van der Waals surface area contributed by atoms with Crippen molar-refractivity contribution in [3.05, 3.63) is 48.2 Å². The third-order valence-corrected chi connectivity index (χ3v) is 4.09. The monoisotopic (exact) mass is 317 g/mol. The summed E-state index contributed by atoms with van der Waals surface area (Å²) >= 11 is 0. The quantitative estimate of drug-likeness (QED) is 0.785. The van der Waals surface area contributed by atoms with Crippen LogP contribution in [0.1, 0.15) is 38.7 Å². The predicted octanol–water partition coefficient (Wildman–Crippen LogP) is 4.19. The highest BCUT2D eigenvalue weighted by atomic mass is 16.6. The third-order valence-electron chi connectivity index (χ3n) is 4.09. The average Bonchev–Trinajstić information content (AvgIpc) is 2.53. The van der Waals surface area contributed by atoms with Crippen molar-refractivity contribution in [3.63, 3.8) is 0 Å². The lowest BCUT2D eigenvalue weighted by molar-refractivity contribution is 0.0134. The van der Waals surface area contributed by atoms with E-state index in [-0.39, 0.29) is 17.9 Å². The zero-order valence-electron chi connectivity index (χ0n) is 14.5. The normalized spacial score (nSPS) is 21.7. The molecule has 2 unspecified atom stereocenters. The number of hydrogen-bond donors (Lipinski definition) is 0. The Kier molecular flexibility index (Phi) is 5.34. The standard InChI is InChI=1S/C19H27NO3/c1-14(22-5)16-11-17(15-9-7-6-8-10-15)13-20(12-16)18(21)23-19(2,3)4/h6-10,16-17H,1,11-13H2,2-5H3. The van der Waals surface area contributed by atoms with E-state index in [1.807, 2.05) is 39.0 Å². The van der Waals surface area contributed by atoms with Crippen molar-refractivity contribution < 1.29 is 14.3 Å². The summed E-state index contributed by atoms with van der Waals surface area (Å²) in [7, 11) is 1.63. The zero-order valence-corrected chi connectivity index (χ0v) is 14.5. The molecule has 1 aliphatic rings. The summed E-state index contributed by atoms with van der Waals surface area (Å²) < 4.78 is 10.9. The van der Waals surface area contributed by atoms with Gasteiger partial charge in [0.1, 0.15) is 5.60 Å². The maximum atomic E-state index is 12.5. The number of carbonyl (C=O) groups excluding carboxylic acids is 1. The van der Waals surface area contributed by atoms with Gasteiger partial charge in [-0.3, -0.25) is 0 Å². The van der Waals surface area contributed by atoms with Crippen LogP contribution in [0.15, 0.2) is 42.7 Å². The number of piperidine rings is 1. The van der Waals surface area contributed by atoms with Gasteiger partial charge in [-0.2, -0.15) is 0 Å². The van der Waals surface area contributed by atoms with E-state index in [2.05, 4.69) is 18.7 Å². The molecule has 4 nitrogen and oxygen atoms in total. The summed E-state index contributed by atoms with van der Waals surface area (Å²) in [5.41, 5.74) is 0.736. The molecule has 0 N–H and O–H groups in total. The highest BCUT2D eigenvalue weighted by Crippen LogP contribution is 2.34. The van der Waals surface area contributed by atoms with Crippen LogP contribution in [-0.2, 0) is 9.47 Å². The van der Waals surface area contributed by atoms with Gasteiger partial charge in [-0.25, -0.2) is 4.79 Å². The van der Waals surface area contributed by atoms with E-state index in [1.54, 1.807) is 12.0 Å². The van der Waals surface area contributed by atoms with E-state index < -0.39 is 5.60 Å². The molecule has 0 aliphatic carbocycles. The SMILES string of the molecule is C=C(OC)C1CC(c2ccccc2)CN(C(=O)OC(C)(C)C)C1. The summed E-state index contributed by atoms with van der Waals surface area (Å²) in [4.78, 5) is 14.3. The van der Waals surface area contributed by atoms with Crippen LogP contribution >= 0.6 is 0 Å². The molecule has 0 bridgehead atoms. The summed E-state index contributed by atoms with van der Waals surface area (Å²) in [6, 6.07) is 10.3. The van der Waals surface area contributed by atoms with Crippen molar-refractivity contribution >= 4 is 6.09 Å². The molecular formula is C19H27NO3. The summed E-state index contributed by atoms with van der Waals surface area (Å²) in [6.45, 7) is 10.9. The predicted molar refractivity (Wildman–Crippen MR) is 91.2 cm³/mol. The van der Waals surface area contributed by atoms with E-state index in [9.17, 15) is 4.79 Å². The van der Waals surface area contributed by atoms with Gasteiger partial charge in [-0.1, -0.05) is 36.9 Å². The van der Waals surface area contributed by atoms with Crippen LogP contribution < -0.4 is 0 Å². The molecule has 0 spiro atoms. The molecular weight excluding hydrogens is 290 g/mol. The summed E-state index contributed by atoms with van der Waals surface area (Å²) in [5.74, 6) is 1.10. The van der Waals surface area contributed by atoms with Crippen LogP contribution in [0.4, 0.5) is 4.79 Å². The maximum Gasteiger partial charge on any atom is 0.410 e. The lowest BCUT2D eigenvalue weighted by Gasteiger charge is -2.38. The van der Waals surface area contributed by atoms with Gasteiger partial charge in [-0.15, -0.1) is 0 Å². The van der Waals surface area contributed by atoms with Gasteiger partial charge < -0.3 is 14.4 Å². The van der Waals surface area contributed by atoms with E-state index in [0.29, 0.717) is 13.1 Å². The minimum atomic E-state index is -0.496. The first-order valence-electron chi connectivity index (χ1n) is 8.06. The molecule has 126 valence electrons. The molecule has 1 aromatic carbocycles. The van der Waals surface area contributed by atoms with E-state index in [4.69, 9.17) is 9.47 Å². The molecule has 1 aromatic rings.